The van der Waals surface area contributed by atoms with E-state index in [4.69, 9.17) is 4.84 Å². The molecule has 5 nitrogen and oxygen atoms in total. The van der Waals surface area contributed by atoms with Crippen LogP contribution in [0.1, 0.15) is 17.9 Å². The summed E-state index contributed by atoms with van der Waals surface area (Å²) in [5, 5.41) is 4.66. The van der Waals surface area contributed by atoms with Gasteiger partial charge >= 0.3 is 0 Å². The largest absolute Gasteiger partial charge is 0.416 e. The SMILES string of the molecule is COn1c2ccccc2c2ncnc(NC3CC3c3ccccc3)c21. The second kappa shape index (κ2) is 5.48. The van der Waals surface area contributed by atoms with Crippen LogP contribution in [-0.4, -0.2) is 27.9 Å². The highest BCUT2D eigenvalue weighted by Crippen LogP contribution is 2.43. The van der Waals surface area contributed by atoms with Crippen molar-refractivity contribution in [1.82, 2.24) is 14.7 Å². The number of nitrogens with zero attached hydrogens (tertiary/aromatic N) is 3. The molecule has 2 aromatic carbocycles. The number of nitrogens with one attached hydrogen (secondary N) is 1. The van der Waals surface area contributed by atoms with Crippen molar-refractivity contribution >= 4 is 27.8 Å². The van der Waals surface area contributed by atoms with Gasteiger partial charge in [-0.05, 0) is 18.1 Å². The summed E-state index contributed by atoms with van der Waals surface area (Å²) in [4.78, 5) is 14.6. The first-order valence-electron chi connectivity index (χ1n) is 8.47. The van der Waals surface area contributed by atoms with Crippen molar-refractivity contribution in [2.75, 3.05) is 12.4 Å². The molecule has 0 spiro atoms. The second-order valence-electron chi connectivity index (χ2n) is 6.42. The van der Waals surface area contributed by atoms with E-state index in [9.17, 15) is 0 Å². The molecule has 2 unspecified atom stereocenters. The predicted molar refractivity (Wildman–Crippen MR) is 98.7 cm³/mol. The van der Waals surface area contributed by atoms with E-state index < -0.39 is 0 Å². The molecular weight excluding hydrogens is 312 g/mol. The van der Waals surface area contributed by atoms with Gasteiger partial charge in [-0.2, -0.15) is 4.73 Å². The fraction of sp³-hybridized carbons (Fsp3) is 0.200. The molecule has 5 heteroatoms. The maximum absolute atomic E-state index is 5.63. The van der Waals surface area contributed by atoms with E-state index in [0.29, 0.717) is 12.0 Å². The number of benzene rings is 2. The van der Waals surface area contributed by atoms with Crippen molar-refractivity contribution < 1.29 is 4.84 Å². The standard InChI is InChI=1S/C20H18N4O/c1-25-24-17-10-6-5-9-14(17)18-19(24)20(22-12-21-18)23-16-11-15(16)13-7-3-2-4-8-13/h2-10,12,15-16H,11H2,1H3,(H,21,22,23). The van der Waals surface area contributed by atoms with Crippen molar-refractivity contribution in [3.63, 3.8) is 0 Å². The molecule has 124 valence electrons. The molecular formula is C20H18N4O. The maximum atomic E-state index is 5.63. The van der Waals surface area contributed by atoms with E-state index in [1.54, 1.807) is 13.4 Å². The van der Waals surface area contributed by atoms with Crippen LogP contribution >= 0.6 is 0 Å². The van der Waals surface area contributed by atoms with Crippen LogP contribution in [0.4, 0.5) is 5.82 Å². The maximum Gasteiger partial charge on any atom is 0.157 e. The summed E-state index contributed by atoms with van der Waals surface area (Å²) < 4.78 is 1.81. The Morgan fingerprint density at radius 1 is 1.04 bits per heavy atom. The Balaban J connectivity index is 1.56. The van der Waals surface area contributed by atoms with Gasteiger partial charge in [-0.1, -0.05) is 48.5 Å². The number of para-hydroxylation sites is 1. The molecule has 1 aliphatic rings. The number of aromatic nitrogens is 3. The highest BCUT2D eigenvalue weighted by atomic mass is 16.6. The summed E-state index contributed by atoms with van der Waals surface area (Å²) in [6.07, 6.45) is 2.74. The van der Waals surface area contributed by atoms with E-state index in [1.165, 1.54) is 5.56 Å². The average molecular weight is 330 g/mol. The molecule has 2 atom stereocenters. The minimum absolute atomic E-state index is 0.392. The topological polar surface area (TPSA) is 52.0 Å². The quantitative estimate of drug-likeness (QED) is 0.621. The van der Waals surface area contributed by atoms with Gasteiger partial charge in [0.05, 0.1) is 5.52 Å². The van der Waals surface area contributed by atoms with Crippen LogP contribution < -0.4 is 10.2 Å². The molecule has 0 radical (unpaired) electrons. The van der Waals surface area contributed by atoms with E-state index in [1.807, 2.05) is 22.9 Å². The third kappa shape index (κ3) is 2.23. The van der Waals surface area contributed by atoms with E-state index in [0.717, 1.165) is 34.2 Å². The Morgan fingerprint density at radius 2 is 1.84 bits per heavy atom. The lowest BCUT2D eigenvalue weighted by molar-refractivity contribution is 0.190. The molecule has 25 heavy (non-hydrogen) atoms. The summed E-state index contributed by atoms with van der Waals surface area (Å²) in [7, 11) is 1.67. The molecule has 1 saturated carbocycles. The van der Waals surface area contributed by atoms with E-state index >= 15 is 0 Å². The van der Waals surface area contributed by atoms with E-state index in [2.05, 4.69) is 51.7 Å². The molecule has 0 amide bonds. The summed E-state index contributed by atoms with van der Waals surface area (Å²) >= 11 is 0. The highest BCUT2D eigenvalue weighted by molar-refractivity contribution is 6.08. The zero-order valence-corrected chi connectivity index (χ0v) is 13.9. The van der Waals surface area contributed by atoms with Gasteiger partial charge in [0.1, 0.15) is 24.5 Å². The molecule has 1 aliphatic carbocycles. The smallest absolute Gasteiger partial charge is 0.157 e. The molecule has 0 saturated heterocycles. The third-order valence-electron chi connectivity index (χ3n) is 4.93. The van der Waals surface area contributed by atoms with Crippen molar-refractivity contribution in [3.05, 3.63) is 66.5 Å². The first-order chi connectivity index (χ1) is 12.4. The van der Waals surface area contributed by atoms with Gasteiger partial charge in [0.25, 0.3) is 0 Å². The molecule has 1 N–H and O–H groups in total. The van der Waals surface area contributed by atoms with E-state index in [-0.39, 0.29) is 0 Å². The summed E-state index contributed by atoms with van der Waals surface area (Å²) in [6, 6.07) is 19.1. The number of anilines is 1. The lowest BCUT2D eigenvalue weighted by Gasteiger charge is -2.09. The minimum atomic E-state index is 0.392. The predicted octanol–water partition coefficient (Wildman–Crippen LogP) is 3.61. The zero-order valence-electron chi connectivity index (χ0n) is 13.9. The van der Waals surface area contributed by atoms with Gasteiger partial charge in [0.15, 0.2) is 5.82 Å². The van der Waals surface area contributed by atoms with Crippen LogP contribution in [0.25, 0.3) is 21.9 Å². The lowest BCUT2D eigenvalue weighted by atomic mass is 10.1. The summed E-state index contributed by atoms with van der Waals surface area (Å²) in [6.45, 7) is 0. The molecule has 2 heterocycles. The third-order valence-corrected chi connectivity index (χ3v) is 4.93. The monoisotopic (exact) mass is 330 g/mol. The van der Waals surface area contributed by atoms with Crippen molar-refractivity contribution in [2.24, 2.45) is 0 Å². The Bertz CT molecular complexity index is 1060. The average Bonchev–Trinajstić information content (AvgIpc) is 3.36. The van der Waals surface area contributed by atoms with Crippen LogP contribution in [-0.2, 0) is 0 Å². The minimum Gasteiger partial charge on any atom is -0.416 e. The summed E-state index contributed by atoms with van der Waals surface area (Å²) in [5.41, 5.74) is 4.17. The normalized spacial score (nSPS) is 19.2. The zero-order chi connectivity index (χ0) is 16.8. The van der Waals surface area contributed by atoms with Crippen LogP contribution in [0, 0.1) is 0 Å². The Labute approximate surface area is 145 Å². The lowest BCUT2D eigenvalue weighted by Crippen LogP contribution is -2.11. The first kappa shape index (κ1) is 14.3. The van der Waals surface area contributed by atoms with Gasteiger partial charge in [-0.3, -0.25) is 0 Å². The van der Waals surface area contributed by atoms with Crippen molar-refractivity contribution in [2.45, 2.75) is 18.4 Å². The Kier molecular flexibility index (Phi) is 3.13. The Morgan fingerprint density at radius 3 is 2.68 bits per heavy atom. The van der Waals surface area contributed by atoms with Crippen LogP contribution in [0.5, 0.6) is 0 Å². The fourth-order valence-corrected chi connectivity index (χ4v) is 3.63. The Hall–Kier alpha value is -3.08. The van der Waals surface area contributed by atoms with Gasteiger partial charge in [0.2, 0.25) is 0 Å². The van der Waals surface area contributed by atoms with Crippen LogP contribution in [0.3, 0.4) is 0 Å². The molecule has 0 aliphatic heterocycles. The van der Waals surface area contributed by atoms with Gasteiger partial charge < -0.3 is 10.2 Å². The number of hydrogen-bond donors (Lipinski definition) is 1. The molecule has 2 aromatic heterocycles. The van der Waals surface area contributed by atoms with Gasteiger partial charge in [-0.15, -0.1) is 0 Å². The second-order valence-corrected chi connectivity index (χ2v) is 6.42. The number of fused-ring (bicyclic) bond motifs is 3. The van der Waals surface area contributed by atoms with Crippen LogP contribution in [0.2, 0.25) is 0 Å². The summed E-state index contributed by atoms with van der Waals surface area (Å²) in [5.74, 6) is 1.36. The molecule has 4 aromatic rings. The number of hydrogen-bond acceptors (Lipinski definition) is 4. The fourth-order valence-electron chi connectivity index (χ4n) is 3.63. The van der Waals surface area contributed by atoms with Crippen LogP contribution in [0.15, 0.2) is 60.9 Å². The number of rotatable bonds is 4. The van der Waals surface area contributed by atoms with Crippen molar-refractivity contribution in [3.8, 4) is 0 Å². The molecule has 1 fully saturated rings. The van der Waals surface area contributed by atoms with Crippen molar-refractivity contribution in [1.29, 1.82) is 0 Å². The first-order valence-corrected chi connectivity index (χ1v) is 8.47. The van der Waals surface area contributed by atoms with Gasteiger partial charge in [-0.25, -0.2) is 9.97 Å². The molecule has 5 rings (SSSR count). The van der Waals surface area contributed by atoms with Gasteiger partial charge in [0, 0.05) is 17.3 Å². The molecule has 0 bridgehead atoms. The highest BCUT2D eigenvalue weighted by Gasteiger charge is 2.39.